The van der Waals surface area contributed by atoms with Gasteiger partial charge in [-0.1, -0.05) is 76.6 Å². The highest BCUT2D eigenvalue weighted by Gasteiger charge is 2.25. The lowest BCUT2D eigenvalue weighted by Crippen LogP contribution is -2.25. The summed E-state index contributed by atoms with van der Waals surface area (Å²) >= 11 is 3.53. The molecule has 0 aliphatic rings. The Balaban J connectivity index is 1.73. The van der Waals surface area contributed by atoms with E-state index in [1.165, 1.54) is 11.1 Å². The van der Waals surface area contributed by atoms with Crippen LogP contribution in [0.15, 0.2) is 114 Å². The molecule has 4 aromatic rings. The van der Waals surface area contributed by atoms with E-state index in [9.17, 15) is 0 Å². The van der Waals surface area contributed by atoms with Crippen LogP contribution in [0.2, 0.25) is 0 Å². The molecule has 2 atom stereocenters. The van der Waals surface area contributed by atoms with Crippen molar-refractivity contribution in [3.63, 3.8) is 0 Å². The number of hydrogen-bond donors (Lipinski definition) is 2. The van der Waals surface area contributed by atoms with Gasteiger partial charge in [-0.05, 0) is 59.7 Å². The monoisotopic (exact) mass is 472 g/mol. The third-order valence-corrected chi connectivity index (χ3v) is 5.76. The maximum absolute atomic E-state index is 5.32. The van der Waals surface area contributed by atoms with Crippen molar-refractivity contribution >= 4 is 27.3 Å². The lowest BCUT2D eigenvalue weighted by molar-refractivity contribution is 0.415. The summed E-state index contributed by atoms with van der Waals surface area (Å²) in [5, 5.41) is 7.51. The number of halogens is 1. The topological polar surface area (TPSA) is 33.3 Å². The molecule has 0 fully saturated rings. The van der Waals surface area contributed by atoms with Gasteiger partial charge in [0.15, 0.2) is 0 Å². The highest BCUT2D eigenvalue weighted by molar-refractivity contribution is 9.10. The molecule has 31 heavy (non-hydrogen) atoms. The van der Waals surface area contributed by atoms with Gasteiger partial charge in [0.1, 0.15) is 5.75 Å². The summed E-state index contributed by atoms with van der Waals surface area (Å²) in [6.45, 7) is 0. The van der Waals surface area contributed by atoms with Crippen LogP contribution in [0.25, 0.3) is 0 Å². The number of methoxy groups -OCH3 is 1. The number of nitrogens with one attached hydrogen (secondary N) is 2. The van der Waals surface area contributed by atoms with Gasteiger partial charge in [0.05, 0.1) is 19.2 Å². The zero-order chi connectivity index (χ0) is 21.5. The van der Waals surface area contributed by atoms with Gasteiger partial charge in [0.2, 0.25) is 0 Å². The predicted molar refractivity (Wildman–Crippen MR) is 133 cm³/mol. The zero-order valence-electron chi connectivity index (χ0n) is 17.3. The minimum absolute atomic E-state index is 0.000594. The van der Waals surface area contributed by atoms with Crippen molar-refractivity contribution in [2.75, 3.05) is 17.7 Å². The number of anilines is 2. The van der Waals surface area contributed by atoms with Crippen molar-refractivity contribution in [3.05, 3.63) is 125 Å². The fraction of sp³-hybridized carbons (Fsp3) is 0.111. The zero-order valence-corrected chi connectivity index (χ0v) is 18.9. The molecule has 0 heterocycles. The normalized spacial score (nSPS) is 12.6. The summed E-state index contributed by atoms with van der Waals surface area (Å²) in [5.41, 5.74) is 4.51. The number of benzene rings is 4. The minimum atomic E-state index is 0.000594. The first-order valence-corrected chi connectivity index (χ1v) is 11.0. The Kier molecular flexibility index (Phi) is 6.90. The van der Waals surface area contributed by atoms with Crippen molar-refractivity contribution in [2.45, 2.75) is 12.1 Å². The third kappa shape index (κ3) is 5.47. The molecule has 2 N–H and O–H groups in total. The van der Waals surface area contributed by atoms with Crippen molar-refractivity contribution < 1.29 is 4.74 Å². The predicted octanol–water partition coefficient (Wildman–Crippen LogP) is 7.46. The average molecular weight is 473 g/mol. The van der Waals surface area contributed by atoms with E-state index in [1.807, 2.05) is 18.2 Å². The van der Waals surface area contributed by atoms with Crippen LogP contribution in [-0.2, 0) is 0 Å². The summed E-state index contributed by atoms with van der Waals surface area (Å²) in [6.07, 6.45) is 0. The highest BCUT2D eigenvalue weighted by Crippen LogP contribution is 2.35. The summed E-state index contributed by atoms with van der Waals surface area (Å²) in [6, 6.07) is 37.5. The van der Waals surface area contributed by atoms with Crippen LogP contribution in [0.5, 0.6) is 5.75 Å². The fourth-order valence-corrected chi connectivity index (χ4v) is 3.90. The molecule has 0 spiro atoms. The standard InChI is InChI=1S/C27H25BrN2O/c1-31-25-18-16-24(17-19-25)30-27(21-10-6-3-7-11-21)26(20-8-4-2-5-9-20)29-23-14-12-22(28)13-15-23/h2-19,26-27,29-30H,1H3/t26-,27-/m1/s1. The first-order chi connectivity index (χ1) is 15.2. The van der Waals surface area contributed by atoms with Crippen molar-refractivity contribution in [1.29, 1.82) is 0 Å². The van der Waals surface area contributed by atoms with E-state index in [1.54, 1.807) is 7.11 Å². The molecule has 4 rings (SSSR count). The Morgan fingerprint density at radius 2 is 1.00 bits per heavy atom. The molecule has 4 aromatic carbocycles. The van der Waals surface area contributed by atoms with Crippen molar-refractivity contribution in [3.8, 4) is 5.75 Å². The summed E-state index contributed by atoms with van der Waals surface area (Å²) in [7, 11) is 1.68. The van der Waals surface area contributed by atoms with Gasteiger partial charge >= 0.3 is 0 Å². The molecular formula is C27H25BrN2O. The van der Waals surface area contributed by atoms with E-state index in [4.69, 9.17) is 4.74 Å². The van der Waals surface area contributed by atoms with E-state index in [0.29, 0.717) is 0 Å². The molecule has 0 saturated carbocycles. The van der Waals surface area contributed by atoms with Gasteiger partial charge < -0.3 is 15.4 Å². The fourth-order valence-electron chi connectivity index (χ4n) is 3.63. The molecule has 0 bridgehead atoms. The van der Waals surface area contributed by atoms with Crippen LogP contribution in [-0.4, -0.2) is 7.11 Å². The second-order valence-electron chi connectivity index (χ2n) is 7.30. The minimum Gasteiger partial charge on any atom is -0.497 e. The lowest BCUT2D eigenvalue weighted by Gasteiger charge is -2.31. The second-order valence-corrected chi connectivity index (χ2v) is 8.22. The lowest BCUT2D eigenvalue weighted by atomic mass is 9.92. The highest BCUT2D eigenvalue weighted by atomic mass is 79.9. The Labute approximate surface area is 192 Å². The van der Waals surface area contributed by atoms with Gasteiger partial charge in [0.25, 0.3) is 0 Å². The molecule has 0 amide bonds. The molecule has 156 valence electrons. The largest absolute Gasteiger partial charge is 0.497 e. The molecule has 0 aromatic heterocycles. The summed E-state index contributed by atoms with van der Waals surface area (Å²) in [5.74, 6) is 0.842. The van der Waals surface area contributed by atoms with Gasteiger partial charge in [0, 0.05) is 15.8 Å². The van der Waals surface area contributed by atoms with Gasteiger partial charge in [-0.15, -0.1) is 0 Å². The first-order valence-electron chi connectivity index (χ1n) is 10.3. The number of rotatable bonds is 8. The Bertz CT molecular complexity index is 1070. The van der Waals surface area contributed by atoms with Gasteiger partial charge in [-0.25, -0.2) is 0 Å². The molecule has 0 radical (unpaired) electrons. The van der Waals surface area contributed by atoms with Gasteiger partial charge in [-0.3, -0.25) is 0 Å². The van der Waals surface area contributed by atoms with Gasteiger partial charge in [-0.2, -0.15) is 0 Å². The van der Waals surface area contributed by atoms with Crippen LogP contribution in [0.3, 0.4) is 0 Å². The SMILES string of the molecule is COc1ccc(N[C@H](c2ccccc2)[C@H](Nc2ccc(Br)cc2)c2ccccc2)cc1. The van der Waals surface area contributed by atoms with E-state index < -0.39 is 0 Å². The van der Waals surface area contributed by atoms with Crippen LogP contribution in [0, 0.1) is 0 Å². The molecule has 0 unspecified atom stereocenters. The van der Waals surface area contributed by atoms with Crippen molar-refractivity contribution in [1.82, 2.24) is 0 Å². The third-order valence-electron chi connectivity index (χ3n) is 5.23. The van der Waals surface area contributed by atoms with Crippen LogP contribution in [0.1, 0.15) is 23.2 Å². The summed E-state index contributed by atoms with van der Waals surface area (Å²) in [4.78, 5) is 0. The smallest absolute Gasteiger partial charge is 0.119 e. The average Bonchev–Trinajstić information content (AvgIpc) is 2.84. The Hall–Kier alpha value is -3.24. The molecular weight excluding hydrogens is 448 g/mol. The van der Waals surface area contributed by atoms with Crippen LogP contribution < -0.4 is 15.4 Å². The van der Waals surface area contributed by atoms with Crippen LogP contribution >= 0.6 is 15.9 Å². The molecule has 4 heteroatoms. The molecule has 0 saturated heterocycles. The molecule has 0 aliphatic heterocycles. The van der Waals surface area contributed by atoms with Crippen LogP contribution in [0.4, 0.5) is 11.4 Å². The van der Waals surface area contributed by atoms with Crippen molar-refractivity contribution in [2.24, 2.45) is 0 Å². The Morgan fingerprint density at radius 1 is 0.581 bits per heavy atom. The van der Waals surface area contributed by atoms with E-state index in [0.717, 1.165) is 21.6 Å². The first kappa shape index (κ1) is 21.0. The van der Waals surface area contributed by atoms with E-state index >= 15 is 0 Å². The number of hydrogen-bond acceptors (Lipinski definition) is 3. The molecule has 3 nitrogen and oxygen atoms in total. The Morgan fingerprint density at radius 3 is 1.42 bits per heavy atom. The summed E-state index contributed by atoms with van der Waals surface area (Å²) < 4.78 is 6.38. The van der Waals surface area contributed by atoms with E-state index in [-0.39, 0.29) is 12.1 Å². The molecule has 0 aliphatic carbocycles. The van der Waals surface area contributed by atoms with E-state index in [2.05, 4.69) is 118 Å². The maximum atomic E-state index is 5.32. The quantitative estimate of drug-likeness (QED) is 0.279. The number of ether oxygens (including phenoxy) is 1. The second kappa shape index (κ2) is 10.2. The maximum Gasteiger partial charge on any atom is 0.119 e.